The largest absolute Gasteiger partial charge is 0.396 e. The zero-order valence-corrected chi connectivity index (χ0v) is 10.0. The Morgan fingerprint density at radius 2 is 2.19 bits per heavy atom. The molecule has 3 aliphatic rings. The number of aliphatic hydroxyl groups is 1. The zero-order chi connectivity index (χ0) is 11.0. The van der Waals surface area contributed by atoms with Crippen LogP contribution in [0.5, 0.6) is 0 Å². The van der Waals surface area contributed by atoms with Crippen molar-refractivity contribution in [2.24, 2.45) is 23.7 Å². The first-order chi connectivity index (χ1) is 7.85. The molecule has 0 aromatic heterocycles. The average Bonchev–Trinajstić information content (AvgIpc) is 2.91. The molecule has 4 atom stereocenters. The van der Waals surface area contributed by atoms with E-state index in [1.807, 2.05) is 0 Å². The monoisotopic (exact) mass is 221 g/mol. The molecule has 1 aliphatic heterocycles. The molecule has 0 amide bonds. The third-order valence-electron chi connectivity index (χ3n) is 4.77. The predicted octanol–water partition coefficient (Wildman–Crippen LogP) is 1.90. The summed E-state index contributed by atoms with van der Waals surface area (Å²) < 4.78 is 0. The molecule has 0 aromatic rings. The summed E-state index contributed by atoms with van der Waals surface area (Å²) in [6, 6.07) is 0. The van der Waals surface area contributed by atoms with Crippen LogP contribution in [0.15, 0.2) is 12.2 Å². The van der Waals surface area contributed by atoms with Gasteiger partial charge in [0.2, 0.25) is 0 Å². The van der Waals surface area contributed by atoms with Gasteiger partial charge >= 0.3 is 0 Å². The Morgan fingerprint density at radius 3 is 2.88 bits per heavy atom. The fourth-order valence-electron chi connectivity index (χ4n) is 3.90. The maximum atomic E-state index is 9.24. The second kappa shape index (κ2) is 4.50. The van der Waals surface area contributed by atoms with Crippen molar-refractivity contribution in [3.05, 3.63) is 12.2 Å². The molecule has 2 heteroatoms. The first kappa shape index (κ1) is 10.8. The molecule has 16 heavy (non-hydrogen) atoms. The molecule has 2 aliphatic carbocycles. The Labute approximate surface area is 98.3 Å². The van der Waals surface area contributed by atoms with Gasteiger partial charge in [-0.2, -0.15) is 0 Å². The van der Waals surface area contributed by atoms with Gasteiger partial charge in [0.1, 0.15) is 0 Å². The van der Waals surface area contributed by atoms with E-state index >= 15 is 0 Å². The van der Waals surface area contributed by atoms with E-state index in [0.29, 0.717) is 12.5 Å². The summed E-state index contributed by atoms with van der Waals surface area (Å²) in [4.78, 5) is 2.60. The lowest BCUT2D eigenvalue weighted by Gasteiger charge is -2.34. The Morgan fingerprint density at radius 1 is 1.25 bits per heavy atom. The van der Waals surface area contributed by atoms with Crippen LogP contribution in [0, 0.1) is 23.7 Å². The fraction of sp³-hybridized carbons (Fsp3) is 0.857. The fourth-order valence-corrected chi connectivity index (χ4v) is 3.90. The van der Waals surface area contributed by atoms with Gasteiger partial charge in [-0.1, -0.05) is 12.2 Å². The number of likely N-dealkylation sites (tertiary alicyclic amines) is 1. The van der Waals surface area contributed by atoms with Crippen molar-refractivity contribution in [2.75, 3.05) is 26.2 Å². The zero-order valence-electron chi connectivity index (χ0n) is 10.0. The first-order valence-corrected chi connectivity index (χ1v) is 6.86. The summed E-state index contributed by atoms with van der Waals surface area (Å²) in [5.41, 5.74) is 0. The van der Waals surface area contributed by atoms with Gasteiger partial charge in [0.05, 0.1) is 0 Å². The maximum Gasteiger partial charge on any atom is 0.0471 e. The highest BCUT2D eigenvalue weighted by molar-refractivity contribution is 5.10. The predicted molar refractivity (Wildman–Crippen MR) is 65.1 cm³/mol. The minimum Gasteiger partial charge on any atom is -0.396 e. The molecule has 3 rings (SSSR count). The van der Waals surface area contributed by atoms with E-state index in [4.69, 9.17) is 0 Å². The van der Waals surface area contributed by atoms with Gasteiger partial charge in [-0.05, 0) is 55.9 Å². The van der Waals surface area contributed by atoms with Crippen LogP contribution >= 0.6 is 0 Å². The molecule has 2 fully saturated rings. The molecule has 4 unspecified atom stereocenters. The Bertz CT molecular complexity index is 276. The molecular weight excluding hydrogens is 198 g/mol. The second-order valence-electron chi connectivity index (χ2n) is 5.99. The first-order valence-electron chi connectivity index (χ1n) is 6.86. The van der Waals surface area contributed by atoms with Gasteiger partial charge in [0.15, 0.2) is 0 Å². The van der Waals surface area contributed by atoms with Gasteiger partial charge in [0, 0.05) is 19.7 Å². The highest BCUT2D eigenvalue weighted by Crippen LogP contribution is 2.43. The molecular formula is C14H23NO. The number of aliphatic hydroxyl groups excluding tert-OH is 1. The van der Waals surface area contributed by atoms with E-state index in [2.05, 4.69) is 17.1 Å². The number of rotatable bonds is 3. The molecule has 0 spiro atoms. The molecule has 1 N–H and O–H groups in total. The summed E-state index contributed by atoms with van der Waals surface area (Å²) in [5, 5.41) is 9.24. The van der Waals surface area contributed by atoms with E-state index < -0.39 is 0 Å². The third kappa shape index (κ3) is 2.05. The lowest BCUT2D eigenvalue weighted by atomic mass is 9.91. The molecule has 1 heterocycles. The van der Waals surface area contributed by atoms with Crippen molar-refractivity contribution >= 4 is 0 Å². The van der Waals surface area contributed by atoms with Crippen LogP contribution in [0.25, 0.3) is 0 Å². The standard InChI is InChI=1S/C14H23NO/c16-10-12-2-1-5-15(8-12)9-14-7-11-3-4-13(14)6-11/h3-4,11-14,16H,1-2,5-10H2. The minimum atomic E-state index is 0.382. The van der Waals surface area contributed by atoms with Gasteiger partial charge in [-0.25, -0.2) is 0 Å². The number of hydrogen-bond donors (Lipinski definition) is 1. The van der Waals surface area contributed by atoms with Crippen LogP contribution in [-0.4, -0.2) is 36.2 Å². The summed E-state index contributed by atoms with van der Waals surface area (Å²) in [6.07, 6.45) is 10.2. The molecule has 1 saturated carbocycles. The van der Waals surface area contributed by atoms with E-state index in [9.17, 15) is 5.11 Å². The molecule has 90 valence electrons. The normalized spacial score (nSPS) is 43.1. The van der Waals surface area contributed by atoms with Crippen LogP contribution < -0.4 is 0 Å². The van der Waals surface area contributed by atoms with E-state index in [-0.39, 0.29) is 0 Å². The summed E-state index contributed by atoms with van der Waals surface area (Å²) >= 11 is 0. The number of hydrogen-bond acceptors (Lipinski definition) is 2. The maximum absolute atomic E-state index is 9.24. The lowest BCUT2D eigenvalue weighted by molar-refractivity contribution is 0.104. The molecule has 0 aromatic carbocycles. The third-order valence-corrected chi connectivity index (χ3v) is 4.77. The van der Waals surface area contributed by atoms with Crippen molar-refractivity contribution in [1.29, 1.82) is 0 Å². The summed E-state index contributed by atoms with van der Waals surface area (Å²) in [7, 11) is 0. The summed E-state index contributed by atoms with van der Waals surface area (Å²) in [5.74, 6) is 3.23. The topological polar surface area (TPSA) is 23.5 Å². The molecule has 2 bridgehead atoms. The van der Waals surface area contributed by atoms with Crippen molar-refractivity contribution in [3.63, 3.8) is 0 Å². The van der Waals surface area contributed by atoms with Gasteiger partial charge in [-0.3, -0.25) is 0 Å². The van der Waals surface area contributed by atoms with Gasteiger partial charge in [0.25, 0.3) is 0 Å². The van der Waals surface area contributed by atoms with Crippen molar-refractivity contribution in [1.82, 2.24) is 4.90 Å². The van der Waals surface area contributed by atoms with Crippen molar-refractivity contribution in [3.8, 4) is 0 Å². The molecule has 2 nitrogen and oxygen atoms in total. The smallest absolute Gasteiger partial charge is 0.0471 e. The highest BCUT2D eigenvalue weighted by atomic mass is 16.3. The van der Waals surface area contributed by atoms with Gasteiger partial charge < -0.3 is 10.0 Å². The van der Waals surface area contributed by atoms with Gasteiger partial charge in [-0.15, -0.1) is 0 Å². The van der Waals surface area contributed by atoms with E-state index in [1.165, 1.54) is 38.8 Å². The molecule has 1 saturated heterocycles. The average molecular weight is 221 g/mol. The van der Waals surface area contributed by atoms with Crippen molar-refractivity contribution < 1.29 is 5.11 Å². The number of allylic oxidation sites excluding steroid dienone is 2. The Balaban J connectivity index is 1.53. The van der Waals surface area contributed by atoms with Crippen LogP contribution in [0.3, 0.4) is 0 Å². The lowest BCUT2D eigenvalue weighted by Crippen LogP contribution is -2.40. The summed E-state index contributed by atoms with van der Waals surface area (Å²) in [6.45, 7) is 4.05. The molecule has 0 radical (unpaired) electrons. The highest BCUT2D eigenvalue weighted by Gasteiger charge is 2.36. The number of nitrogens with zero attached hydrogens (tertiary/aromatic N) is 1. The quantitative estimate of drug-likeness (QED) is 0.736. The second-order valence-corrected chi connectivity index (χ2v) is 5.99. The van der Waals surface area contributed by atoms with Crippen LogP contribution in [0.4, 0.5) is 0 Å². The van der Waals surface area contributed by atoms with Crippen LogP contribution in [-0.2, 0) is 0 Å². The minimum absolute atomic E-state index is 0.382. The Kier molecular flexibility index (Phi) is 3.03. The van der Waals surface area contributed by atoms with E-state index in [0.717, 1.165) is 24.3 Å². The van der Waals surface area contributed by atoms with Crippen LogP contribution in [0.2, 0.25) is 0 Å². The SMILES string of the molecule is OCC1CCCN(CC2CC3C=CC2C3)C1. The number of fused-ring (bicyclic) bond motifs is 2. The Hall–Kier alpha value is -0.340. The van der Waals surface area contributed by atoms with Crippen LogP contribution in [0.1, 0.15) is 25.7 Å². The van der Waals surface area contributed by atoms with Crippen molar-refractivity contribution in [2.45, 2.75) is 25.7 Å². The number of piperidine rings is 1. The van der Waals surface area contributed by atoms with E-state index in [1.54, 1.807) is 0 Å².